The molecule has 0 bridgehead atoms. The molecule has 5 heteroatoms. The number of hydrogen-bond acceptors (Lipinski definition) is 3. The van der Waals surface area contributed by atoms with E-state index in [0.717, 1.165) is 15.7 Å². The summed E-state index contributed by atoms with van der Waals surface area (Å²) in [7, 11) is 0. The highest BCUT2D eigenvalue weighted by molar-refractivity contribution is 9.10. The second-order valence-corrected chi connectivity index (χ2v) is 4.49. The smallest absolute Gasteiger partial charge is 0.115 e. The van der Waals surface area contributed by atoms with Gasteiger partial charge in [0, 0.05) is 11.0 Å². The van der Waals surface area contributed by atoms with Gasteiger partial charge in [-0.25, -0.2) is 9.97 Å². The summed E-state index contributed by atoms with van der Waals surface area (Å²) < 4.78 is 0.904. The van der Waals surface area contributed by atoms with Crippen molar-refractivity contribution >= 4 is 33.2 Å². The molecule has 0 saturated heterocycles. The van der Waals surface area contributed by atoms with Gasteiger partial charge in [-0.3, -0.25) is 0 Å². The minimum atomic E-state index is 0.695. The number of benzene rings is 1. The van der Waals surface area contributed by atoms with Crippen LogP contribution in [0, 0.1) is 0 Å². The molecule has 2 rings (SSSR count). The molecule has 0 aliphatic heterocycles. The summed E-state index contributed by atoms with van der Waals surface area (Å²) in [5.41, 5.74) is 2.00. The summed E-state index contributed by atoms with van der Waals surface area (Å²) in [5.74, 6) is 0. The average Bonchev–Trinajstić information content (AvgIpc) is 2.32. The Balaban J connectivity index is 2.03. The number of hydrogen-bond donors (Lipinski definition) is 1. The maximum atomic E-state index is 6.00. The van der Waals surface area contributed by atoms with Crippen molar-refractivity contribution in [1.29, 1.82) is 0 Å². The first kappa shape index (κ1) is 11.4. The van der Waals surface area contributed by atoms with E-state index in [1.165, 1.54) is 6.33 Å². The lowest BCUT2D eigenvalue weighted by atomic mass is 10.2. The van der Waals surface area contributed by atoms with Crippen LogP contribution in [0.2, 0.25) is 5.02 Å². The molecule has 1 heterocycles. The van der Waals surface area contributed by atoms with E-state index < -0.39 is 0 Å². The van der Waals surface area contributed by atoms with Crippen molar-refractivity contribution < 1.29 is 0 Å². The van der Waals surface area contributed by atoms with E-state index in [0.29, 0.717) is 11.6 Å². The van der Waals surface area contributed by atoms with E-state index in [-0.39, 0.29) is 0 Å². The minimum Gasteiger partial charge on any atom is -0.378 e. The molecule has 82 valence electrons. The van der Waals surface area contributed by atoms with Gasteiger partial charge in [-0.2, -0.15) is 0 Å². The number of aromatic nitrogens is 2. The SMILES string of the molecule is Clc1cc(CNc2cncnc2)ccc1Br. The summed E-state index contributed by atoms with van der Waals surface area (Å²) in [6, 6.07) is 5.86. The van der Waals surface area contributed by atoms with Crippen molar-refractivity contribution in [2.24, 2.45) is 0 Å². The van der Waals surface area contributed by atoms with Gasteiger partial charge in [0.1, 0.15) is 6.33 Å². The summed E-state index contributed by atoms with van der Waals surface area (Å²) in [4.78, 5) is 7.84. The molecule has 0 spiro atoms. The molecule has 16 heavy (non-hydrogen) atoms. The first-order valence-corrected chi connectivity index (χ1v) is 5.85. The Hall–Kier alpha value is -1.13. The molecule has 0 aliphatic rings. The average molecular weight is 299 g/mol. The van der Waals surface area contributed by atoms with Crippen LogP contribution >= 0.6 is 27.5 Å². The maximum Gasteiger partial charge on any atom is 0.115 e. The fourth-order valence-electron chi connectivity index (χ4n) is 1.24. The van der Waals surface area contributed by atoms with Gasteiger partial charge in [0.05, 0.1) is 23.1 Å². The van der Waals surface area contributed by atoms with Crippen LogP contribution in [0.1, 0.15) is 5.56 Å². The van der Waals surface area contributed by atoms with Crippen LogP contribution < -0.4 is 5.32 Å². The summed E-state index contributed by atoms with van der Waals surface area (Å²) >= 11 is 9.35. The van der Waals surface area contributed by atoms with Crippen molar-refractivity contribution in [1.82, 2.24) is 9.97 Å². The van der Waals surface area contributed by atoms with Crippen molar-refractivity contribution in [3.05, 3.63) is 52.0 Å². The molecule has 0 saturated carbocycles. The Morgan fingerprint density at radius 1 is 1.25 bits per heavy atom. The molecule has 0 unspecified atom stereocenters. The molecule has 2 aromatic rings. The molecule has 0 atom stereocenters. The number of nitrogens with zero attached hydrogens (tertiary/aromatic N) is 2. The second kappa shape index (κ2) is 5.27. The molecule has 3 nitrogen and oxygen atoms in total. The third-order valence-corrected chi connectivity index (χ3v) is 3.27. The monoisotopic (exact) mass is 297 g/mol. The van der Waals surface area contributed by atoms with E-state index in [2.05, 4.69) is 31.2 Å². The van der Waals surface area contributed by atoms with Crippen LogP contribution in [-0.4, -0.2) is 9.97 Å². The zero-order chi connectivity index (χ0) is 11.4. The normalized spacial score (nSPS) is 10.1. The Labute approximate surface area is 107 Å². The van der Waals surface area contributed by atoms with Crippen molar-refractivity contribution in [2.75, 3.05) is 5.32 Å². The summed E-state index contributed by atoms with van der Waals surface area (Å²) in [6.07, 6.45) is 4.96. The summed E-state index contributed by atoms with van der Waals surface area (Å²) in [5, 5.41) is 3.92. The first-order valence-electron chi connectivity index (χ1n) is 4.68. The van der Waals surface area contributed by atoms with Gasteiger partial charge in [-0.1, -0.05) is 17.7 Å². The van der Waals surface area contributed by atoms with Crippen molar-refractivity contribution in [3.63, 3.8) is 0 Å². The van der Waals surface area contributed by atoms with Crippen LogP contribution in [0.15, 0.2) is 41.4 Å². The van der Waals surface area contributed by atoms with Crippen LogP contribution in [0.5, 0.6) is 0 Å². The maximum absolute atomic E-state index is 6.00. The highest BCUT2D eigenvalue weighted by Gasteiger charge is 1.99. The highest BCUT2D eigenvalue weighted by Crippen LogP contribution is 2.23. The standard InChI is InChI=1S/C11H9BrClN3/c12-10-2-1-8(3-11(10)13)4-16-9-5-14-7-15-6-9/h1-3,5-7,16H,4H2. The zero-order valence-corrected chi connectivity index (χ0v) is 10.7. The lowest BCUT2D eigenvalue weighted by molar-refractivity contribution is 1.10. The number of anilines is 1. The van der Waals surface area contributed by atoms with Crippen LogP contribution in [0.4, 0.5) is 5.69 Å². The van der Waals surface area contributed by atoms with E-state index in [1.54, 1.807) is 12.4 Å². The van der Waals surface area contributed by atoms with Crippen molar-refractivity contribution in [3.8, 4) is 0 Å². The van der Waals surface area contributed by atoms with Gasteiger partial charge in [0.25, 0.3) is 0 Å². The lowest BCUT2D eigenvalue weighted by Gasteiger charge is -2.06. The molecule has 0 aliphatic carbocycles. The molecule has 1 aromatic carbocycles. The highest BCUT2D eigenvalue weighted by atomic mass is 79.9. The van der Waals surface area contributed by atoms with Crippen molar-refractivity contribution in [2.45, 2.75) is 6.54 Å². The molecule has 0 radical (unpaired) electrons. The summed E-state index contributed by atoms with van der Waals surface area (Å²) in [6.45, 7) is 0.695. The topological polar surface area (TPSA) is 37.8 Å². The molecular formula is C11H9BrClN3. The largest absolute Gasteiger partial charge is 0.378 e. The van der Waals surface area contributed by atoms with Crippen LogP contribution in [0.25, 0.3) is 0 Å². The molecule has 1 N–H and O–H groups in total. The van der Waals surface area contributed by atoms with E-state index >= 15 is 0 Å². The van der Waals surface area contributed by atoms with E-state index in [1.807, 2.05) is 18.2 Å². The molecular weight excluding hydrogens is 289 g/mol. The Bertz CT molecular complexity index is 476. The van der Waals surface area contributed by atoms with Gasteiger partial charge in [-0.05, 0) is 33.6 Å². The van der Waals surface area contributed by atoms with Gasteiger partial charge < -0.3 is 5.32 Å². The fourth-order valence-corrected chi connectivity index (χ4v) is 1.69. The Kier molecular flexibility index (Phi) is 3.74. The lowest BCUT2D eigenvalue weighted by Crippen LogP contribution is -1.99. The fraction of sp³-hybridized carbons (Fsp3) is 0.0909. The molecule has 0 amide bonds. The van der Waals surface area contributed by atoms with Gasteiger partial charge in [-0.15, -0.1) is 0 Å². The predicted molar refractivity (Wildman–Crippen MR) is 68.5 cm³/mol. The number of halogens is 2. The predicted octanol–water partition coefficient (Wildman–Crippen LogP) is 3.50. The second-order valence-electron chi connectivity index (χ2n) is 3.23. The Morgan fingerprint density at radius 2 is 2.00 bits per heavy atom. The minimum absolute atomic E-state index is 0.695. The third-order valence-electron chi connectivity index (χ3n) is 2.04. The van der Waals surface area contributed by atoms with Crippen LogP contribution in [-0.2, 0) is 6.54 Å². The Morgan fingerprint density at radius 3 is 2.69 bits per heavy atom. The van der Waals surface area contributed by atoms with Gasteiger partial charge >= 0.3 is 0 Å². The van der Waals surface area contributed by atoms with E-state index in [9.17, 15) is 0 Å². The molecule has 0 fully saturated rings. The third kappa shape index (κ3) is 2.93. The first-order chi connectivity index (χ1) is 7.75. The number of rotatable bonds is 3. The van der Waals surface area contributed by atoms with Crippen LogP contribution in [0.3, 0.4) is 0 Å². The van der Waals surface area contributed by atoms with E-state index in [4.69, 9.17) is 11.6 Å². The number of nitrogens with one attached hydrogen (secondary N) is 1. The zero-order valence-electron chi connectivity index (χ0n) is 8.32. The van der Waals surface area contributed by atoms with Gasteiger partial charge in [0.2, 0.25) is 0 Å². The quantitative estimate of drug-likeness (QED) is 0.942. The molecule has 1 aromatic heterocycles. The van der Waals surface area contributed by atoms with Gasteiger partial charge in [0.15, 0.2) is 0 Å².